The highest BCUT2D eigenvalue weighted by atomic mass is 16.6. The van der Waals surface area contributed by atoms with Gasteiger partial charge in [0, 0.05) is 24.3 Å². The zero-order valence-electron chi connectivity index (χ0n) is 15.5. The second-order valence-electron chi connectivity index (χ2n) is 6.39. The number of nitro groups is 1. The highest BCUT2D eigenvalue weighted by Crippen LogP contribution is 2.21. The van der Waals surface area contributed by atoms with E-state index < -0.39 is 4.92 Å². The minimum Gasteiger partial charge on any atom is -0.348 e. The van der Waals surface area contributed by atoms with Gasteiger partial charge in [0.1, 0.15) is 0 Å². The van der Waals surface area contributed by atoms with Crippen molar-refractivity contribution < 1.29 is 9.72 Å². The number of rotatable bonds is 6. The second kappa shape index (κ2) is 8.77. The lowest BCUT2D eigenvalue weighted by atomic mass is 10.0. The van der Waals surface area contributed by atoms with E-state index in [4.69, 9.17) is 0 Å². The van der Waals surface area contributed by atoms with Crippen LogP contribution in [-0.2, 0) is 11.3 Å². The number of nitrogens with one attached hydrogen (secondary N) is 1. The SMILES string of the molecule is Cc1ccccc1CNC(=O)C(=Cc1cccc([N+](=O)[O-])c1)c1ccccc1. The van der Waals surface area contributed by atoms with Crippen molar-refractivity contribution in [2.75, 3.05) is 0 Å². The first-order valence-corrected chi connectivity index (χ1v) is 8.89. The van der Waals surface area contributed by atoms with Crippen LogP contribution in [0.4, 0.5) is 5.69 Å². The summed E-state index contributed by atoms with van der Waals surface area (Å²) in [6, 6.07) is 23.4. The third-order valence-corrected chi connectivity index (χ3v) is 4.42. The molecular formula is C23H20N2O3. The lowest BCUT2D eigenvalue weighted by molar-refractivity contribution is -0.384. The first-order valence-electron chi connectivity index (χ1n) is 8.89. The quantitative estimate of drug-likeness (QED) is 0.293. The number of nitro benzene ring substituents is 1. The summed E-state index contributed by atoms with van der Waals surface area (Å²) in [4.78, 5) is 23.5. The molecule has 0 fully saturated rings. The Labute approximate surface area is 163 Å². The smallest absolute Gasteiger partial charge is 0.270 e. The van der Waals surface area contributed by atoms with Crippen molar-refractivity contribution in [2.45, 2.75) is 13.5 Å². The Bertz CT molecular complexity index is 1030. The standard InChI is InChI=1S/C23H20N2O3/c1-17-8-5-6-12-20(17)16-24-23(26)22(19-10-3-2-4-11-19)15-18-9-7-13-21(14-18)25(27)28/h2-15H,16H2,1H3,(H,24,26). The Morgan fingerprint density at radius 3 is 2.43 bits per heavy atom. The van der Waals surface area contributed by atoms with Gasteiger partial charge in [0.25, 0.3) is 11.6 Å². The molecule has 1 amide bonds. The molecule has 0 spiro atoms. The molecule has 0 aliphatic heterocycles. The third kappa shape index (κ3) is 4.71. The predicted molar refractivity (Wildman–Crippen MR) is 110 cm³/mol. The van der Waals surface area contributed by atoms with Crippen LogP contribution in [0.2, 0.25) is 0 Å². The topological polar surface area (TPSA) is 72.2 Å². The van der Waals surface area contributed by atoms with Gasteiger partial charge in [-0.25, -0.2) is 0 Å². The van der Waals surface area contributed by atoms with Gasteiger partial charge < -0.3 is 5.32 Å². The molecule has 0 aliphatic rings. The van der Waals surface area contributed by atoms with Gasteiger partial charge in [-0.1, -0.05) is 66.7 Å². The van der Waals surface area contributed by atoms with E-state index in [2.05, 4.69) is 5.32 Å². The Balaban J connectivity index is 1.91. The Hall–Kier alpha value is -3.73. The highest BCUT2D eigenvalue weighted by molar-refractivity contribution is 6.24. The number of carbonyl (C=O) groups is 1. The minimum atomic E-state index is -0.447. The maximum Gasteiger partial charge on any atom is 0.270 e. The van der Waals surface area contributed by atoms with Crippen molar-refractivity contribution >= 4 is 23.2 Å². The molecule has 28 heavy (non-hydrogen) atoms. The second-order valence-corrected chi connectivity index (χ2v) is 6.39. The van der Waals surface area contributed by atoms with Gasteiger partial charge in [0.15, 0.2) is 0 Å². The van der Waals surface area contributed by atoms with Crippen LogP contribution in [0.5, 0.6) is 0 Å². The molecule has 0 saturated heterocycles. The molecule has 3 rings (SSSR count). The zero-order chi connectivity index (χ0) is 19.9. The maximum atomic E-state index is 12.9. The summed E-state index contributed by atoms with van der Waals surface area (Å²) < 4.78 is 0. The number of aryl methyl sites for hydroxylation is 1. The summed E-state index contributed by atoms with van der Waals surface area (Å²) in [5.41, 5.74) is 3.93. The number of nitrogens with zero attached hydrogens (tertiary/aromatic N) is 1. The fourth-order valence-corrected chi connectivity index (χ4v) is 2.87. The molecule has 0 aliphatic carbocycles. The van der Waals surface area contributed by atoms with Gasteiger partial charge in [-0.15, -0.1) is 0 Å². The molecule has 0 atom stereocenters. The monoisotopic (exact) mass is 372 g/mol. The number of hydrogen-bond donors (Lipinski definition) is 1. The molecule has 5 nitrogen and oxygen atoms in total. The van der Waals surface area contributed by atoms with Crippen molar-refractivity contribution in [1.82, 2.24) is 5.32 Å². The fourth-order valence-electron chi connectivity index (χ4n) is 2.87. The predicted octanol–water partition coefficient (Wildman–Crippen LogP) is 4.76. The highest BCUT2D eigenvalue weighted by Gasteiger charge is 2.13. The van der Waals surface area contributed by atoms with E-state index in [0.29, 0.717) is 17.7 Å². The van der Waals surface area contributed by atoms with E-state index in [9.17, 15) is 14.9 Å². The minimum absolute atomic E-state index is 0.0125. The van der Waals surface area contributed by atoms with E-state index in [1.54, 1.807) is 18.2 Å². The number of carbonyl (C=O) groups excluding carboxylic acids is 1. The Morgan fingerprint density at radius 2 is 1.71 bits per heavy atom. The summed E-state index contributed by atoms with van der Waals surface area (Å²) in [6.45, 7) is 2.41. The average Bonchev–Trinajstić information content (AvgIpc) is 2.72. The third-order valence-electron chi connectivity index (χ3n) is 4.42. The summed E-state index contributed by atoms with van der Waals surface area (Å²) in [5, 5.41) is 14.0. The fraction of sp³-hybridized carbons (Fsp3) is 0.0870. The maximum absolute atomic E-state index is 12.9. The van der Waals surface area contributed by atoms with Gasteiger partial charge in [-0.3, -0.25) is 14.9 Å². The summed E-state index contributed by atoms with van der Waals surface area (Å²) in [7, 11) is 0. The molecule has 0 saturated carbocycles. The van der Waals surface area contributed by atoms with Crippen LogP contribution in [0.25, 0.3) is 11.6 Å². The number of hydrogen-bond acceptors (Lipinski definition) is 3. The number of benzene rings is 3. The van der Waals surface area contributed by atoms with E-state index in [0.717, 1.165) is 16.7 Å². The molecule has 0 aromatic heterocycles. The van der Waals surface area contributed by atoms with Gasteiger partial charge in [-0.2, -0.15) is 0 Å². The zero-order valence-corrected chi connectivity index (χ0v) is 15.5. The van der Waals surface area contributed by atoms with Crippen molar-refractivity contribution in [2.24, 2.45) is 0 Å². The molecule has 3 aromatic carbocycles. The van der Waals surface area contributed by atoms with Gasteiger partial charge in [0.05, 0.1) is 4.92 Å². The summed E-state index contributed by atoms with van der Waals surface area (Å²) in [6.07, 6.45) is 1.68. The number of non-ortho nitro benzene ring substituents is 1. The van der Waals surface area contributed by atoms with E-state index in [-0.39, 0.29) is 11.6 Å². The Kier molecular flexibility index (Phi) is 5.97. The largest absolute Gasteiger partial charge is 0.348 e. The first-order chi connectivity index (χ1) is 13.5. The normalized spacial score (nSPS) is 11.1. The van der Waals surface area contributed by atoms with Crippen molar-refractivity contribution in [3.63, 3.8) is 0 Å². The lowest BCUT2D eigenvalue weighted by Crippen LogP contribution is -2.24. The molecule has 140 valence electrons. The van der Waals surface area contributed by atoms with Crippen LogP contribution in [0, 0.1) is 17.0 Å². The van der Waals surface area contributed by atoms with Crippen molar-refractivity contribution in [1.29, 1.82) is 0 Å². The first kappa shape index (κ1) is 19.0. The summed E-state index contributed by atoms with van der Waals surface area (Å²) >= 11 is 0. The molecule has 5 heteroatoms. The van der Waals surface area contributed by atoms with Crippen LogP contribution >= 0.6 is 0 Å². The molecule has 0 unspecified atom stereocenters. The van der Waals surface area contributed by atoms with Crippen LogP contribution < -0.4 is 5.32 Å². The lowest BCUT2D eigenvalue weighted by Gasteiger charge is -2.11. The van der Waals surface area contributed by atoms with Crippen LogP contribution in [0.3, 0.4) is 0 Å². The van der Waals surface area contributed by atoms with Crippen molar-refractivity contribution in [3.05, 3.63) is 111 Å². The van der Waals surface area contributed by atoms with Gasteiger partial charge in [-0.05, 0) is 35.3 Å². The Morgan fingerprint density at radius 1 is 1.00 bits per heavy atom. The molecule has 3 aromatic rings. The summed E-state index contributed by atoms with van der Waals surface area (Å²) in [5.74, 6) is -0.235. The van der Waals surface area contributed by atoms with Gasteiger partial charge >= 0.3 is 0 Å². The van der Waals surface area contributed by atoms with E-state index in [1.807, 2.05) is 61.5 Å². The van der Waals surface area contributed by atoms with E-state index in [1.165, 1.54) is 12.1 Å². The van der Waals surface area contributed by atoms with Crippen LogP contribution in [-0.4, -0.2) is 10.8 Å². The molecule has 0 radical (unpaired) electrons. The average molecular weight is 372 g/mol. The molecular weight excluding hydrogens is 352 g/mol. The molecule has 0 heterocycles. The van der Waals surface area contributed by atoms with Crippen molar-refractivity contribution in [3.8, 4) is 0 Å². The molecule has 0 bridgehead atoms. The van der Waals surface area contributed by atoms with E-state index >= 15 is 0 Å². The van der Waals surface area contributed by atoms with Crippen LogP contribution in [0.1, 0.15) is 22.3 Å². The molecule has 1 N–H and O–H groups in total. The van der Waals surface area contributed by atoms with Gasteiger partial charge in [0.2, 0.25) is 0 Å². The van der Waals surface area contributed by atoms with Crippen LogP contribution in [0.15, 0.2) is 78.9 Å². The number of amides is 1.